The van der Waals surface area contributed by atoms with Gasteiger partial charge in [0.15, 0.2) is 0 Å². The summed E-state index contributed by atoms with van der Waals surface area (Å²) in [5.41, 5.74) is 5.34. The highest BCUT2D eigenvalue weighted by Crippen LogP contribution is 1.98. The van der Waals surface area contributed by atoms with Crippen molar-refractivity contribution in [2.24, 2.45) is 5.73 Å². The number of primary amides is 1. The number of amides is 1. The molecule has 0 heterocycles. The Morgan fingerprint density at radius 2 is 2.25 bits per heavy atom. The van der Waals surface area contributed by atoms with Gasteiger partial charge in [0.2, 0.25) is 5.91 Å². The van der Waals surface area contributed by atoms with Crippen LogP contribution in [0.1, 0.15) is 6.42 Å². The van der Waals surface area contributed by atoms with Gasteiger partial charge in [-0.15, -0.1) is 0 Å². The highest BCUT2D eigenvalue weighted by Gasteiger charge is 1.97. The molecule has 46 valence electrons. The van der Waals surface area contributed by atoms with Crippen molar-refractivity contribution in [2.75, 3.05) is 5.33 Å². The summed E-state index contributed by atoms with van der Waals surface area (Å²) >= 11 is 3.15. The maximum atomic E-state index is 10.2. The van der Waals surface area contributed by atoms with Gasteiger partial charge < -0.3 is 5.73 Å². The summed E-state index contributed by atoms with van der Waals surface area (Å²) in [6, 6.07) is 0. The van der Waals surface area contributed by atoms with E-state index < -0.39 is 5.91 Å². The van der Waals surface area contributed by atoms with Gasteiger partial charge >= 0.3 is 0 Å². The van der Waals surface area contributed by atoms with E-state index in [0.717, 1.165) is 5.33 Å². The first kappa shape index (κ1) is 7.69. The van der Waals surface area contributed by atoms with Crippen LogP contribution >= 0.6 is 15.9 Å². The van der Waals surface area contributed by atoms with Crippen LogP contribution in [0, 0.1) is 0 Å². The summed E-state index contributed by atoms with van der Waals surface area (Å²) in [4.78, 5) is 10.2. The Hall–Kier alpha value is -0.310. The lowest BCUT2D eigenvalue weighted by molar-refractivity contribution is -0.114. The molecule has 0 radical (unpaired) electrons. The van der Waals surface area contributed by atoms with Gasteiger partial charge in [-0.2, -0.15) is 0 Å². The lowest BCUT2D eigenvalue weighted by Crippen LogP contribution is -2.12. The highest BCUT2D eigenvalue weighted by atomic mass is 79.9. The van der Waals surface area contributed by atoms with Gasteiger partial charge in [0.1, 0.15) is 0 Å². The van der Waals surface area contributed by atoms with Crippen molar-refractivity contribution in [3.8, 4) is 0 Å². The first-order chi connectivity index (χ1) is 3.68. The first-order valence-corrected chi connectivity index (χ1v) is 3.34. The number of hydrogen-bond donors (Lipinski definition) is 1. The smallest absolute Gasteiger partial charge is 0.244 e. The Morgan fingerprint density at radius 3 is 2.38 bits per heavy atom. The number of carbonyl (C=O) groups is 1. The van der Waals surface area contributed by atoms with Crippen molar-refractivity contribution in [3.63, 3.8) is 0 Å². The molecule has 1 amide bonds. The van der Waals surface area contributed by atoms with E-state index in [4.69, 9.17) is 5.73 Å². The third-order valence-electron chi connectivity index (χ3n) is 0.745. The first-order valence-electron chi connectivity index (χ1n) is 2.22. The number of hydrogen-bond acceptors (Lipinski definition) is 1. The molecule has 0 aromatic rings. The van der Waals surface area contributed by atoms with Crippen LogP contribution in [0.2, 0.25) is 0 Å². The van der Waals surface area contributed by atoms with E-state index in [9.17, 15) is 4.79 Å². The topological polar surface area (TPSA) is 43.1 Å². The molecule has 0 aliphatic rings. The molecular formula is C5H8BrNO. The lowest BCUT2D eigenvalue weighted by Gasteiger charge is -1.92. The highest BCUT2D eigenvalue weighted by molar-refractivity contribution is 9.09. The predicted molar refractivity (Wildman–Crippen MR) is 36.7 cm³/mol. The minimum absolute atomic E-state index is 0.413. The van der Waals surface area contributed by atoms with Gasteiger partial charge in [-0.05, 0) is 6.42 Å². The molecule has 0 spiro atoms. The van der Waals surface area contributed by atoms with Crippen molar-refractivity contribution in [3.05, 3.63) is 12.2 Å². The number of alkyl halides is 1. The van der Waals surface area contributed by atoms with Crippen molar-refractivity contribution >= 4 is 21.8 Å². The molecule has 0 aliphatic heterocycles. The SMILES string of the molecule is C=C(CCBr)C(N)=O. The summed E-state index contributed by atoms with van der Waals surface area (Å²) in [6.07, 6.45) is 0.634. The maximum Gasteiger partial charge on any atom is 0.244 e. The van der Waals surface area contributed by atoms with Gasteiger partial charge in [-0.3, -0.25) is 4.79 Å². The number of carbonyl (C=O) groups excluding carboxylic acids is 1. The van der Waals surface area contributed by atoms with Crippen LogP contribution in [0.3, 0.4) is 0 Å². The van der Waals surface area contributed by atoms with Crippen LogP contribution in [0.4, 0.5) is 0 Å². The van der Waals surface area contributed by atoms with Crippen LogP contribution in [0.5, 0.6) is 0 Å². The monoisotopic (exact) mass is 177 g/mol. The summed E-state index contributed by atoms with van der Waals surface area (Å²) in [5.74, 6) is -0.413. The molecule has 3 heteroatoms. The van der Waals surface area contributed by atoms with E-state index in [-0.39, 0.29) is 0 Å². The van der Waals surface area contributed by atoms with Crippen molar-refractivity contribution in [1.82, 2.24) is 0 Å². The third kappa shape index (κ3) is 2.80. The van der Waals surface area contributed by atoms with Gasteiger partial charge in [-0.25, -0.2) is 0 Å². The molecule has 0 bridgehead atoms. The van der Waals surface area contributed by atoms with Gasteiger partial charge in [0, 0.05) is 10.9 Å². The largest absolute Gasteiger partial charge is 0.366 e. The van der Waals surface area contributed by atoms with Crippen molar-refractivity contribution < 1.29 is 4.79 Å². The zero-order valence-electron chi connectivity index (χ0n) is 4.48. The Morgan fingerprint density at radius 1 is 1.75 bits per heavy atom. The quantitative estimate of drug-likeness (QED) is 0.504. The summed E-state index contributed by atoms with van der Waals surface area (Å²) < 4.78 is 0. The maximum absolute atomic E-state index is 10.2. The van der Waals surface area contributed by atoms with Crippen LogP contribution < -0.4 is 5.73 Å². The Bertz CT molecular complexity index is 111. The molecule has 0 aromatic carbocycles. The fourth-order valence-electron chi connectivity index (χ4n) is 0.237. The second-order valence-electron chi connectivity index (χ2n) is 1.41. The molecule has 0 aromatic heterocycles. The van der Waals surface area contributed by atoms with E-state index in [2.05, 4.69) is 22.5 Å². The second-order valence-corrected chi connectivity index (χ2v) is 2.20. The molecule has 0 unspecified atom stereocenters. The molecule has 2 N–H and O–H groups in total. The summed E-state index contributed by atoms with van der Waals surface area (Å²) in [7, 11) is 0. The Labute approximate surface area is 56.9 Å². The second kappa shape index (κ2) is 3.66. The molecule has 0 atom stereocenters. The average molecular weight is 178 g/mol. The van der Waals surface area contributed by atoms with Crippen LogP contribution in [-0.2, 0) is 4.79 Å². The molecule has 2 nitrogen and oxygen atoms in total. The Balaban J connectivity index is 3.49. The lowest BCUT2D eigenvalue weighted by atomic mass is 10.2. The van der Waals surface area contributed by atoms with E-state index in [1.54, 1.807) is 0 Å². The molecule has 0 rings (SSSR count). The van der Waals surface area contributed by atoms with Crippen LogP contribution in [-0.4, -0.2) is 11.2 Å². The fraction of sp³-hybridized carbons (Fsp3) is 0.400. The summed E-state index contributed by atoms with van der Waals surface area (Å²) in [5, 5.41) is 0.745. The van der Waals surface area contributed by atoms with E-state index >= 15 is 0 Å². The minimum atomic E-state index is -0.413. The third-order valence-corrected chi connectivity index (χ3v) is 1.14. The van der Waals surface area contributed by atoms with Gasteiger partial charge in [0.25, 0.3) is 0 Å². The molecule has 0 fully saturated rings. The summed E-state index contributed by atoms with van der Waals surface area (Å²) in [6.45, 7) is 3.44. The zero-order chi connectivity index (χ0) is 6.57. The van der Waals surface area contributed by atoms with Gasteiger partial charge in [-0.1, -0.05) is 22.5 Å². The van der Waals surface area contributed by atoms with E-state index in [1.807, 2.05) is 0 Å². The predicted octanol–water partition coefficient (Wildman–Crippen LogP) is 0.813. The number of halogens is 1. The normalized spacial score (nSPS) is 8.62. The van der Waals surface area contributed by atoms with Crippen LogP contribution in [0.25, 0.3) is 0 Å². The van der Waals surface area contributed by atoms with E-state index in [0.29, 0.717) is 12.0 Å². The van der Waals surface area contributed by atoms with Crippen molar-refractivity contribution in [2.45, 2.75) is 6.42 Å². The zero-order valence-corrected chi connectivity index (χ0v) is 6.07. The van der Waals surface area contributed by atoms with Crippen molar-refractivity contribution in [1.29, 1.82) is 0 Å². The average Bonchev–Trinajstić information content (AvgIpc) is 1.67. The fourth-order valence-corrected chi connectivity index (χ4v) is 0.716. The molecule has 8 heavy (non-hydrogen) atoms. The minimum Gasteiger partial charge on any atom is -0.366 e. The van der Waals surface area contributed by atoms with Gasteiger partial charge in [0.05, 0.1) is 0 Å². The molecule has 0 saturated carbocycles. The Kier molecular flexibility index (Phi) is 3.52. The van der Waals surface area contributed by atoms with E-state index in [1.165, 1.54) is 0 Å². The van der Waals surface area contributed by atoms with Crippen LogP contribution in [0.15, 0.2) is 12.2 Å². The number of nitrogens with two attached hydrogens (primary N) is 1. The number of rotatable bonds is 3. The molecular weight excluding hydrogens is 170 g/mol. The molecule has 0 aliphatic carbocycles. The molecule has 0 saturated heterocycles. The standard InChI is InChI=1S/C5H8BrNO/c1-4(2-3-6)5(7)8/h1-3H2,(H2,7,8).